The number of amides is 2. The molecule has 0 bridgehead atoms. The van der Waals surface area contributed by atoms with Crippen LogP contribution in [0.5, 0.6) is 0 Å². The molecular weight excluding hydrogens is 286 g/mol. The Morgan fingerprint density at radius 2 is 2.18 bits per heavy atom. The summed E-state index contributed by atoms with van der Waals surface area (Å²) >= 11 is 3.34. The number of carbonyl (C=O) groups is 2. The standard InChI is InChI=1S/C11H16BrN3O2/c1-7(2)15-6-8(12)5-9(15)11(17)14-4-3-10(13)16/h5-7H,3-4H2,1-2H3,(H2,13,16)(H,14,17). The lowest BCUT2D eigenvalue weighted by Gasteiger charge is -2.12. The largest absolute Gasteiger partial charge is 0.370 e. The molecule has 6 heteroatoms. The van der Waals surface area contributed by atoms with Crippen molar-refractivity contribution in [1.29, 1.82) is 0 Å². The molecule has 1 rings (SSSR count). The summed E-state index contributed by atoms with van der Waals surface area (Å²) in [6, 6.07) is 1.94. The molecule has 0 unspecified atom stereocenters. The molecule has 1 heterocycles. The van der Waals surface area contributed by atoms with Crippen LogP contribution in [0.2, 0.25) is 0 Å². The van der Waals surface area contributed by atoms with Crippen molar-refractivity contribution >= 4 is 27.7 Å². The van der Waals surface area contributed by atoms with Gasteiger partial charge in [0.2, 0.25) is 5.91 Å². The second kappa shape index (κ2) is 5.86. The summed E-state index contributed by atoms with van der Waals surface area (Å²) in [6.45, 7) is 4.24. The smallest absolute Gasteiger partial charge is 0.267 e. The minimum Gasteiger partial charge on any atom is -0.370 e. The van der Waals surface area contributed by atoms with E-state index < -0.39 is 5.91 Å². The van der Waals surface area contributed by atoms with E-state index in [0.29, 0.717) is 5.69 Å². The summed E-state index contributed by atoms with van der Waals surface area (Å²) in [4.78, 5) is 22.4. The average molecular weight is 302 g/mol. The van der Waals surface area contributed by atoms with Crippen LogP contribution in [0.1, 0.15) is 36.8 Å². The van der Waals surface area contributed by atoms with E-state index in [9.17, 15) is 9.59 Å². The van der Waals surface area contributed by atoms with Crippen molar-refractivity contribution in [3.8, 4) is 0 Å². The predicted octanol–water partition coefficient (Wildman–Crippen LogP) is 1.44. The Morgan fingerprint density at radius 1 is 1.53 bits per heavy atom. The van der Waals surface area contributed by atoms with Gasteiger partial charge in [-0.1, -0.05) is 0 Å². The van der Waals surface area contributed by atoms with Gasteiger partial charge in [0, 0.05) is 29.7 Å². The predicted molar refractivity (Wildman–Crippen MR) is 68.7 cm³/mol. The number of halogens is 1. The molecule has 0 aliphatic rings. The van der Waals surface area contributed by atoms with Crippen molar-refractivity contribution in [2.24, 2.45) is 5.73 Å². The monoisotopic (exact) mass is 301 g/mol. The zero-order valence-electron chi connectivity index (χ0n) is 9.87. The van der Waals surface area contributed by atoms with Crippen molar-refractivity contribution in [2.45, 2.75) is 26.3 Å². The second-order valence-corrected chi connectivity index (χ2v) is 4.93. The van der Waals surface area contributed by atoms with Crippen molar-refractivity contribution in [3.63, 3.8) is 0 Å². The number of carbonyl (C=O) groups excluding carboxylic acids is 2. The van der Waals surface area contributed by atoms with Gasteiger partial charge in [0.15, 0.2) is 0 Å². The molecule has 1 aromatic rings. The van der Waals surface area contributed by atoms with Crippen molar-refractivity contribution in [3.05, 3.63) is 22.4 Å². The Bertz CT molecular complexity index is 426. The lowest BCUT2D eigenvalue weighted by atomic mass is 10.3. The van der Waals surface area contributed by atoms with Gasteiger partial charge in [0.05, 0.1) is 0 Å². The van der Waals surface area contributed by atoms with Gasteiger partial charge in [-0.05, 0) is 35.8 Å². The first-order valence-electron chi connectivity index (χ1n) is 5.35. The summed E-state index contributed by atoms with van der Waals surface area (Å²) in [5.74, 6) is -0.628. The molecule has 0 atom stereocenters. The van der Waals surface area contributed by atoms with Gasteiger partial charge in [-0.15, -0.1) is 0 Å². The SMILES string of the molecule is CC(C)n1cc(Br)cc1C(=O)NCCC(N)=O. The highest BCUT2D eigenvalue weighted by Gasteiger charge is 2.14. The van der Waals surface area contributed by atoms with Gasteiger partial charge in [0.25, 0.3) is 5.91 Å². The van der Waals surface area contributed by atoms with Crippen LogP contribution in [-0.2, 0) is 4.79 Å². The highest BCUT2D eigenvalue weighted by Crippen LogP contribution is 2.19. The van der Waals surface area contributed by atoms with E-state index in [1.807, 2.05) is 24.6 Å². The van der Waals surface area contributed by atoms with Gasteiger partial charge >= 0.3 is 0 Å². The fraction of sp³-hybridized carbons (Fsp3) is 0.455. The molecule has 1 aromatic heterocycles. The molecule has 17 heavy (non-hydrogen) atoms. The highest BCUT2D eigenvalue weighted by atomic mass is 79.9. The molecular formula is C11H16BrN3O2. The zero-order chi connectivity index (χ0) is 13.0. The van der Waals surface area contributed by atoms with E-state index in [0.717, 1.165) is 4.47 Å². The Labute approximate surface area is 108 Å². The molecule has 0 radical (unpaired) electrons. The molecule has 0 saturated heterocycles. The number of primary amides is 1. The Kier molecular flexibility index (Phi) is 4.74. The molecule has 0 fully saturated rings. The summed E-state index contributed by atoms with van der Waals surface area (Å²) in [7, 11) is 0. The maximum Gasteiger partial charge on any atom is 0.267 e. The van der Waals surface area contributed by atoms with Crippen LogP contribution in [0.25, 0.3) is 0 Å². The summed E-state index contributed by atoms with van der Waals surface area (Å²) in [6.07, 6.45) is 2.00. The van der Waals surface area contributed by atoms with E-state index in [2.05, 4.69) is 21.2 Å². The quantitative estimate of drug-likeness (QED) is 0.863. The third-order valence-electron chi connectivity index (χ3n) is 2.26. The number of hydrogen-bond donors (Lipinski definition) is 2. The van der Waals surface area contributed by atoms with Crippen LogP contribution < -0.4 is 11.1 Å². The minimum atomic E-state index is -0.425. The van der Waals surface area contributed by atoms with E-state index in [-0.39, 0.29) is 24.9 Å². The third kappa shape index (κ3) is 3.89. The van der Waals surface area contributed by atoms with Crippen LogP contribution in [0, 0.1) is 0 Å². The number of nitrogens with zero attached hydrogens (tertiary/aromatic N) is 1. The second-order valence-electron chi connectivity index (χ2n) is 4.02. The molecule has 0 aliphatic carbocycles. The summed E-state index contributed by atoms with van der Waals surface area (Å²) in [5, 5.41) is 2.66. The number of nitrogens with two attached hydrogens (primary N) is 1. The Hall–Kier alpha value is -1.30. The first-order valence-corrected chi connectivity index (χ1v) is 6.15. The first kappa shape index (κ1) is 13.8. The Morgan fingerprint density at radius 3 is 2.71 bits per heavy atom. The lowest BCUT2D eigenvalue weighted by molar-refractivity contribution is -0.117. The van der Waals surface area contributed by atoms with E-state index in [1.165, 1.54) is 0 Å². The topological polar surface area (TPSA) is 77.1 Å². The average Bonchev–Trinajstić information content (AvgIpc) is 2.59. The lowest BCUT2D eigenvalue weighted by Crippen LogP contribution is -2.29. The maximum absolute atomic E-state index is 11.9. The molecule has 0 spiro atoms. The number of nitrogens with one attached hydrogen (secondary N) is 1. The van der Waals surface area contributed by atoms with Gasteiger partial charge in [-0.25, -0.2) is 0 Å². The molecule has 0 aromatic carbocycles. The van der Waals surface area contributed by atoms with Gasteiger partial charge in [0.1, 0.15) is 5.69 Å². The van der Waals surface area contributed by atoms with Crippen molar-refractivity contribution in [2.75, 3.05) is 6.54 Å². The van der Waals surface area contributed by atoms with Crippen LogP contribution in [0.3, 0.4) is 0 Å². The molecule has 3 N–H and O–H groups in total. The minimum absolute atomic E-state index is 0.148. The van der Waals surface area contributed by atoms with Crippen LogP contribution >= 0.6 is 15.9 Å². The molecule has 94 valence electrons. The molecule has 2 amide bonds. The normalized spacial score (nSPS) is 10.6. The molecule has 0 saturated carbocycles. The zero-order valence-corrected chi connectivity index (χ0v) is 11.5. The highest BCUT2D eigenvalue weighted by molar-refractivity contribution is 9.10. The van der Waals surface area contributed by atoms with Gasteiger partial charge < -0.3 is 15.6 Å². The number of rotatable bonds is 5. The summed E-state index contributed by atoms with van der Waals surface area (Å²) < 4.78 is 2.72. The fourth-order valence-electron chi connectivity index (χ4n) is 1.44. The third-order valence-corrected chi connectivity index (χ3v) is 2.69. The number of hydrogen-bond acceptors (Lipinski definition) is 2. The van der Waals surface area contributed by atoms with Crippen LogP contribution in [-0.4, -0.2) is 22.9 Å². The maximum atomic E-state index is 11.9. The van der Waals surface area contributed by atoms with Crippen molar-refractivity contribution < 1.29 is 9.59 Å². The molecule has 0 aliphatic heterocycles. The van der Waals surface area contributed by atoms with Crippen LogP contribution in [0.4, 0.5) is 0 Å². The fourth-order valence-corrected chi connectivity index (χ4v) is 1.88. The first-order chi connectivity index (χ1) is 7.91. The van der Waals surface area contributed by atoms with E-state index >= 15 is 0 Å². The Balaban J connectivity index is 2.71. The van der Waals surface area contributed by atoms with Crippen LogP contribution in [0.15, 0.2) is 16.7 Å². The van der Waals surface area contributed by atoms with Crippen molar-refractivity contribution in [1.82, 2.24) is 9.88 Å². The van der Waals surface area contributed by atoms with E-state index in [1.54, 1.807) is 6.07 Å². The van der Waals surface area contributed by atoms with Gasteiger partial charge in [-0.3, -0.25) is 9.59 Å². The molecule has 5 nitrogen and oxygen atoms in total. The number of aromatic nitrogens is 1. The van der Waals surface area contributed by atoms with E-state index in [4.69, 9.17) is 5.73 Å². The van der Waals surface area contributed by atoms with Gasteiger partial charge in [-0.2, -0.15) is 0 Å². The summed E-state index contributed by atoms with van der Waals surface area (Å²) in [5.41, 5.74) is 5.56.